The molecule has 3 aromatic rings. The van der Waals surface area contributed by atoms with Gasteiger partial charge in [-0.05, 0) is 59.5 Å². The summed E-state index contributed by atoms with van der Waals surface area (Å²) in [6, 6.07) is 20.2. The average Bonchev–Trinajstić information content (AvgIpc) is 2.86. The average molecular weight is 525 g/mol. The summed E-state index contributed by atoms with van der Waals surface area (Å²) >= 11 is 12.2. The Bertz CT molecular complexity index is 1210. The Hall–Kier alpha value is -3.22. The Balaban J connectivity index is 1.30. The molecule has 3 amide bonds. The second-order valence-electron chi connectivity index (χ2n) is 9.83. The number of para-hydroxylation sites is 1. The van der Waals surface area contributed by atoms with Crippen LogP contribution >= 0.6 is 23.2 Å². The zero-order valence-corrected chi connectivity index (χ0v) is 22.2. The molecular formula is C28H30Cl2N4O2. The van der Waals surface area contributed by atoms with Crippen LogP contribution in [0.25, 0.3) is 0 Å². The first-order valence-electron chi connectivity index (χ1n) is 11.9. The minimum Gasteiger partial charge on any atom is -0.368 e. The van der Waals surface area contributed by atoms with Crippen molar-refractivity contribution in [3.05, 3.63) is 87.9 Å². The molecule has 0 spiro atoms. The molecular weight excluding hydrogens is 495 g/mol. The lowest BCUT2D eigenvalue weighted by Gasteiger charge is -2.36. The number of benzene rings is 3. The molecule has 1 heterocycles. The molecule has 1 saturated heterocycles. The second kappa shape index (κ2) is 10.8. The van der Waals surface area contributed by atoms with Crippen LogP contribution in [0.3, 0.4) is 0 Å². The molecule has 2 N–H and O–H groups in total. The van der Waals surface area contributed by atoms with Gasteiger partial charge >= 0.3 is 6.03 Å². The van der Waals surface area contributed by atoms with Gasteiger partial charge in [0, 0.05) is 43.1 Å². The maximum absolute atomic E-state index is 13.0. The quantitative estimate of drug-likeness (QED) is 0.390. The highest BCUT2D eigenvalue weighted by Gasteiger charge is 2.23. The highest BCUT2D eigenvalue weighted by molar-refractivity contribution is 6.39. The molecule has 0 aliphatic carbocycles. The molecule has 8 heteroatoms. The van der Waals surface area contributed by atoms with Crippen molar-refractivity contribution in [1.29, 1.82) is 0 Å². The predicted octanol–water partition coefficient (Wildman–Crippen LogP) is 6.90. The zero-order valence-electron chi connectivity index (χ0n) is 20.6. The standard InChI is InChI=1S/C28H30Cl2N4O2/c1-28(2,3)20-9-7-19(8-10-20)26(35)34-17-15-33(16-18-34)22-13-11-21(12-14-22)31-27(36)32-25-23(29)5-4-6-24(25)30/h4-14H,15-18H2,1-3H3,(H2,31,32,36). The molecule has 0 unspecified atom stereocenters. The van der Waals surface area contributed by atoms with Crippen LogP contribution in [-0.4, -0.2) is 43.0 Å². The van der Waals surface area contributed by atoms with E-state index in [1.807, 2.05) is 53.4 Å². The van der Waals surface area contributed by atoms with E-state index in [-0.39, 0.29) is 11.3 Å². The lowest BCUT2D eigenvalue weighted by molar-refractivity contribution is 0.0746. The first-order valence-corrected chi connectivity index (χ1v) is 12.6. The van der Waals surface area contributed by atoms with Crippen LogP contribution in [-0.2, 0) is 5.41 Å². The van der Waals surface area contributed by atoms with Gasteiger partial charge in [0.15, 0.2) is 0 Å². The van der Waals surface area contributed by atoms with Crippen LogP contribution in [0.15, 0.2) is 66.7 Å². The van der Waals surface area contributed by atoms with Crippen LogP contribution in [0, 0.1) is 0 Å². The summed E-state index contributed by atoms with van der Waals surface area (Å²) in [5.74, 6) is 0.0688. The fourth-order valence-corrected chi connectivity index (χ4v) is 4.60. The molecule has 1 aliphatic rings. The minimum atomic E-state index is -0.430. The van der Waals surface area contributed by atoms with Crippen LogP contribution in [0.5, 0.6) is 0 Å². The predicted molar refractivity (Wildman–Crippen MR) is 149 cm³/mol. The van der Waals surface area contributed by atoms with E-state index in [2.05, 4.69) is 36.3 Å². The molecule has 0 atom stereocenters. The van der Waals surface area contributed by atoms with Crippen molar-refractivity contribution in [2.24, 2.45) is 0 Å². The molecule has 1 aliphatic heterocycles. The number of hydrogen-bond donors (Lipinski definition) is 2. The maximum atomic E-state index is 13.0. The molecule has 0 radical (unpaired) electrons. The normalized spacial score (nSPS) is 13.9. The summed E-state index contributed by atoms with van der Waals surface area (Å²) in [6.07, 6.45) is 0. The SMILES string of the molecule is CC(C)(C)c1ccc(C(=O)N2CCN(c3ccc(NC(=O)Nc4c(Cl)cccc4Cl)cc3)CC2)cc1. The van der Waals surface area contributed by atoms with Crippen molar-refractivity contribution in [3.63, 3.8) is 0 Å². The van der Waals surface area contributed by atoms with Gasteiger partial charge in [-0.2, -0.15) is 0 Å². The van der Waals surface area contributed by atoms with Crippen molar-refractivity contribution in [2.45, 2.75) is 26.2 Å². The summed E-state index contributed by atoms with van der Waals surface area (Å²) in [6.45, 7) is 9.28. The monoisotopic (exact) mass is 524 g/mol. The lowest BCUT2D eigenvalue weighted by atomic mass is 9.86. The number of piperazine rings is 1. The van der Waals surface area contributed by atoms with Gasteiger partial charge in [-0.3, -0.25) is 4.79 Å². The van der Waals surface area contributed by atoms with E-state index in [4.69, 9.17) is 23.2 Å². The Morgan fingerprint density at radius 3 is 1.92 bits per heavy atom. The van der Waals surface area contributed by atoms with E-state index in [0.29, 0.717) is 34.5 Å². The smallest absolute Gasteiger partial charge is 0.323 e. The summed E-state index contributed by atoms with van der Waals surface area (Å²) in [4.78, 5) is 29.5. The first-order chi connectivity index (χ1) is 17.1. The van der Waals surface area contributed by atoms with Gasteiger partial charge in [-0.1, -0.05) is 62.2 Å². The highest BCUT2D eigenvalue weighted by Crippen LogP contribution is 2.30. The number of halogens is 2. The molecule has 1 fully saturated rings. The van der Waals surface area contributed by atoms with Gasteiger partial charge < -0.3 is 20.4 Å². The topological polar surface area (TPSA) is 64.7 Å². The van der Waals surface area contributed by atoms with E-state index in [9.17, 15) is 9.59 Å². The number of anilines is 3. The number of urea groups is 1. The molecule has 36 heavy (non-hydrogen) atoms. The summed E-state index contributed by atoms with van der Waals surface area (Å²) in [5, 5.41) is 6.21. The summed E-state index contributed by atoms with van der Waals surface area (Å²) < 4.78 is 0. The molecule has 0 bridgehead atoms. The van der Waals surface area contributed by atoms with E-state index in [0.717, 1.165) is 24.3 Å². The van der Waals surface area contributed by atoms with E-state index in [1.54, 1.807) is 18.2 Å². The maximum Gasteiger partial charge on any atom is 0.323 e. The zero-order chi connectivity index (χ0) is 25.9. The highest BCUT2D eigenvalue weighted by atomic mass is 35.5. The van der Waals surface area contributed by atoms with Crippen molar-refractivity contribution in [3.8, 4) is 0 Å². The number of nitrogens with one attached hydrogen (secondary N) is 2. The van der Waals surface area contributed by atoms with Crippen LogP contribution in [0.2, 0.25) is 10.0 Å². The Labute approximate surface area is 222 Å². The van der Waals surface area contributed by atoms with Crippen LogP contribution in [0.4, 0.5) is 21.9 Å². The van der Waals surface area contributed by atoms with Crippen LogP contribution < -0.4 is 15.5 Å². The van der Waals surface area contributed by atoms with Gasteiger partial charge in [0.25, 0.3) is 5.91 Å². The molecule has 3 aromatic carbocycles. The number of carbonyl (C=O) groups is 2. The number of nitrogens with zero attached hydrogens (tertiary/aromatic N) is 2. The number of carbonyl (C=O) groups excluding carboxylic acids is 2. The lowest BCUT2D eigenvalue weighted by Crippen LogP contribution is -2.48. The fourth-order valence-electron chi connectivity index (χ4n) is 4.11. The third-order valence-corrected chi connectivity index (χ3v) is 6.89. The van der Waals surface area contributed by atoms with Gasteiger partial charge in [0.1, 0.15) is 0 Å². The number of rotatable bonds is 4. The van der Waals surface area contributed by atoms with Gasteiger partial charge in [-0.25, -0.2) is 4.79 Å². The second-order valence-corrected chi connectivity index (χ2v) is 10.6. The number of hydrogen-bond acceptors (Lipinski definition) is 3. The van der Waals surface area contributed by atoms with Crippen molar-refractivity contribution in [1.82, 2.24) is 4.90 Å². The van der Waals surface area contributed by atoms with Gasteiger partial charge in [0.2, 0.25) is 0 Å². The van der Waals surface area contributed by atoms with E-state index < -0.39 is 6.03 Å². The number of amides is 3. The third-order valence-electron chi connectivity index (χ3n) is 6.26. The fraction of sp³-hybridized carbons (Fsp3) is 0.286. The summed E-state index contributed by atoms with van der Waals surface area (Å²) in [5.41, 5.74) is 4.05. The molecule has 188 valence electrons. The largest absolute Gasteiger partial charge is 0.368 e. The molecule has 6 nitrogen and oxygen atoms in total. The summed E-state index contributed by atoms with van der Waals surface area (Å²) in [7, 11) is 0. The Morgan fingerprint density at radius 2 is 1.36 bits per heavy atom. The van der Waals surface area contributed by atoms with Crippen molar-refractivity contribution >= 4 is 52.2 Å². The van der Waals surface area contributed by atoms with Crippen LogP contribution in [0.1, 0.15) is 36.7 Å². The molecule has 0 saturated carbocycles. The third kappa shape index (κ3) is 6.12. The van der Waals surface area contributed by atoms with Gasteiger partial charge in [0.05, 0.1) is 15.7 Å². The Morgan fingerprint density at radius 1 is 0.778 bits per heavy atom. The molecule has 0 aromatic heterocycles. The van der Waals surface area contributed by atoms with E-state index in [1.165, 1.54) is 5.56 Å². The van der Waals surface area contributed by atoms with E-state index >= 15 is 0 Å². The van der Waals surface area contributed by atoms with Crippen molar-refractivity contribution < 1.29 is 9.59 Å². The molecule has 4 rings (SSSR count). The van der Waals surface area contributed by atoms with Gasteiger partial charge in [-0.15, -0.1) is 0 Å². The Kier molecular flexibility index (Phi) is 7.76. The minimum absolute atomic E-state index is 0.0609. The first kappa shape index (κ1) is 25.9. The van der Waals surface area contributed by atoms with Crippen molar-refractivity contribution in [2.75, 3.05) is 41.7 Å².